The second-order valence-corrected chi connectivity index (χ2v) is 7.54. The van der Waals surface area contributed by atoms with Gasteiger partial charge in [0, 0.05) is 18.0 Å². The van der Waals surface area contributed by atoms with Gasteiger partial charge in [0.2, 0.25) is 0 Å². The molecule has 2 amide bonds. The van der Waals surface area contributed by atoms with Crippen LogP contribution in [0.2, 0.25) is 0 Å². The van der Waals surface area contributed by atoms with Gasteiger partial charge in [-0.1, -0.05) is 13.0 Å². The third-order valence-corrected chi connectivity index (χ3v) is 5.47. The first-order chi connectivity index (χ1) is 10.5. The van der Waals surface area contributed by atoms with Gasteiger partial charge in [0.25, 0.3) is 0 Å². The first kappa shape index (κ1) is 15.3. The van der Waals surface area contributed by atoms with E-state index >= 15 is 0 Å². The van der Waals surface area contributed by atoms with Crippen LogP contribution in [0.4, 0.5) is 4.79 Å². The Morgan fingerprint density at radius 1 is 1.41 bits per heavy atom. The van der Waals surface area contributed by atoms with E-state index in [4.69, 9.17) is 0 Å². The van der Waals surface area contributed by atoms with E-state index in [2.05, 4.69) is 11.4 Å². The number of aliphatic carboxylic acids is 1. The van der Waals surface area contributed by atoms with Gasteiger partial charge >= 0.3 is 12.0 Å². The molecule has 0 bridgehead atoms. The fourth-order valence-corrected chi connectivity index (χ4v) is 4.11. The second kappa shape index (κ2) is 6.28. The number of nitrogens with one attached hydrogen (secondary N) is 1. The third-order valence-electron chi connectivity index (χ3n) is 4.52. The number of hydrogen-bond acceptors (Lipinski definition) is 3. The van der Waals surface area contributed by atoms with Crippen molar-refractivity contribution in [3.05, 3.63) is 22.4 Å². The number of carbonyl (C=O) groups is 2. The number of amides is 2. The molecule has 0 radical (unpaired) electrons. The summed E-state index contributed by atoms with van der Waals surface area (Å²) >= 11 is 1.67. The Bertz CT molecular complexity index is 542. The Labute approximate surface area is 134 Å². The number of carbonyl (C=O) groups excluding carboxylic acids is 1. The minimum Gasteiger partial charge on any atom is -0.481 e. The monoisotopic (exact) mass is 322 g/mol. The van der Waals surface area contributed by atoms with Gasteiger partial charge in [-0.05, 0) is 42.5 Å². The summed E-state index contributed by atoms with van der Waals surface area (Å²) in [6.07, 6.45) is 2.95. The predicted octanol–water partition coefficient (Wildman–Crippen LogP) is 2.95. The van der Waals surface area contributed by atoms with Crippen molar-refractivity contribution in [3.63, 3.8) is 0 Å². The van der Waals surface area contributed by atoms with Crippen LogP contribution in [-0.4, -0.2) is 35.1 Å². The van der Waals surface area contributed by atoms with Crippen molar-refractivity contribution in [2.45, 2.75) is 32.2 Å². The summed E-state index contributed by atoms with van der Waals surface area (Å²) in [5, 5.41) is 14.4. The number of thiophene rings is 1. The fourth-order valence-electron chi connectivity index (χ4n) is 3.24. The molecule has 2 fully saturated rings. The Morgan fingerprint density at radius 2 is 2.18 bits per heavy atom. The van der Waals surface area contributed by atoms with Gasteiger partial charge in [0.1, 0.15) is 0 Å². The Hall–Kier alpha value is -1.56. The van der Waals surface area contributed by atoms with Crippen molar-refractivity contribution in [2.24, 2.45) is 17.8 Å². The zero-order valence-corrected chi connectivity index (χ0v) is 13.5. The molecule has 6 heteroatoms. The Balaban J connectivity index is 1.66. The van der Waals surface area contributed by atoms with E-state index in [9.17, 15) is 14.7 Å². The Morgan fingerprint density at radius 3 is 2.77 bits per heavy atom. The lowest BCUT2D eigenvalue weighted by Crippen LogP contribution is -2.50. The minimum atomic E-state index is -0.804. The topological polar surface area (TPSA) is 69.6 Å². The number of rotatable bonds is 4. The standard InChI is InChI=1S/C16H22N2O3S/c1-10-7-12(15(19)20)9-18(8-10)16(21)17-14(11-4-5-11)13-3-2-6-22-13/h2-3,6,10-12,14H,4-5,7-9H2,1H3,(H,17,21)(H,19,20). The van der Waals surface area contributed by atoms with Crippen LogP contribution in [0.5, 0.6) is 0 Å². The van der Waals surface area contributed by atoms with Crippen molar-refractivity contribution < 1.29 is 14.7 Å². The molecule has 2 heterocycles. The van der Waals surface area contributed by atoms with Crippen molar-refractivity contribution in [1.82, 2.24) is 10.2 Å². The Kier molecular flexibility index (Phi) is 4.38. The number of likely N-dealkylation sites (tertiary alicyclic amines) is 1. The van der Waals surface area contributed by atoms with Gasteiger partial charge in [0.15, 0.2) is 0 Å². The fraction of sp³-hybridized carbons (Fsp3) is 0.625. The van der Waals surface area contributed by atoms with E-state index in [-0.39, 0.29) is 18.0 Å². The summed E-state index contributed by atoms with van der Waals surface area (Å²) in [4.78, 5) is 26.7. The highest BCUT2D eigenvalue weighted by Gasteiger charge is 2.37. The van der Waals surface area contributed by atoms with Crippen LogP contribution >= 0.6 is 11.3 Å². The number of carboxylic acid groups (broad SMARTS) is 1. The highest BCUT2D eigenvalue weighted by Crippen LogP contribution is 2.42. The van der Waals surface area contributed by atoms with Crippen LogP contribution in [0.1, 0.15) is 37.1 Å². The molecular weight excluding hydrogens is 300 g/mol. The van der Waals surface area contributed by atoms with Gasteiger partial charge in [-0.25, -0.2) is 4.79 Å². The molecule has 1 aliphatic carbocycles. The van der Waals surface area contributed by atoms with Crippen molar-refractivity contribution in [1.29, 1.82) is 0 Å². The van der Waals surface area contributed by atoms with Crippen LogP contribution in [0, 0.1) is 17.8 Å². The molecule has 2 aliphatic rings. The third kappa shape index (κ3) is 3.43. The van der Waals surface area contributed by atoms with E-state index in [0.717, 1.165) is 12.8 Å². The van der Waals surface area contributed by atoms with Crippen molar-refractivity contribution >= 4 is 23.3 Å². The lowest BCUT2D eigenvalue weighted by atomic mass is 9.91. The van der Waals surface area contributed by atoms with E-state index in [1.165, 1.54) is 4.88 Å². The van der Waals surface area contributed by atoms with E-state index < -0.39 is 11.9 Å². The molecular formula is C16H22N2O3S. The molecule has 1 aliphatic heterocycles. The van der Waals surface area contributed by atoms with E-state index in [1.807, 2.05) is 18.4 Å². The average molecular weight is 322 g/mol. The quantitative estimate of drug-likeness (QED) is 0.895. The SMILES string of the molecule is CC1CC(C(=O)O)CN(C(=O)NC(c2cccs2)C2CC2)C1. The van der Waals surface area contributed by atoms with Crippen LogP contribution in [0.15, 0.2) is 17.5 Å². The summed E-state index contributed by atoms with van der Waals surface area (Å²) in [6.45, 7) is 2.96. The summed E-state index contributed by atoms with van der Waals surface area (Å²) < 4.78 is 0. The summed E-state index contributed by atoms with van der Waals surface area (Å²) in [7, 11) is 0. The predicted molar refractivity (Wildman–Crippen MR) is 84.8 cm³/mol. The maximum Gasteiger partial charge on any atom is 0.317 e. The molecule has 3 rings (SSSR count). The van der Waals surface area contributed by atoms with Gasteiger partial charge in [-0.15, -0.1) is 11.3 Å². The molecule has 3 unspecified atom stereocenters. The molecule has 5 nitrogen and oxygen atoms in total. The second-order valence-electron chi connectivity index (χ2n) is 6.56. The van der Waals surface area contributed by atoms with E-state index in [1.54, 1.807) is 16.2 Å². The highest BCUT2D eigenvalue weighted by molar-refractivity contribution is 7.10. The van der Waals surface area contributed by atoms with Gasteiger partial charge < -0.3 is 15.3 Å². The molecule has 1 aromatic heterocycles. The maximum absolute atomic E-state index is 12.6. The molecule has 22 heavy (non-hydrogen) atoms. The normalized spacial score (nSPS) is 26.5. The lowest BCUT2D eigenvalue weighted by Gasteiger charge is -2.35. The first-order valence-corrected chi connectivity index (χ1v) is 8.74. The van der Waals surface area contributed by atoms with Crippen LogP contribution in [-0.2, 0) is 4.79 Å². The number of urea groups is 1. The van der Waals surface area contributed by atoms with Crippen LogP contribution < -0.4 is 5.32 Å². The average Bonchev–Trinajstić information content (AvgIpc) is 3.18. The van der Waals surface area contributed by atoms with Crippen molar-refractivity contribution in [3.8, 4) is 0 Å². The van der Waals surface area contributed by atoms with Gasteiger partial charge in [-0.2, -0.15) is 0 Å². The molecule has 1 aromatic rings. The molecule has 3 atom stereocenters. The summed E-state index contributed by atoms with van der Waals surface area (Å²) in [6, 6.07) is 4.02. The zero-order chi connectivity index (χ0) is 15.7. The number of carboxylic acids is 1. The number of hydrogen-bond donors (Lipinski definition) is 2. The zero-order valence-electron chi connectivity index (χ0n) is 12.7. The lowest BCUT2D eigenvalue weighted by molar-refractivity contribution is -0.143. The molecule has 1 saturated carbocycles. The first-order valence-electron chi connectivity index (χ1n) is 7.86. The van der Waals surface area contributed by atoms with E-state index in [0.29, 0.717) is 25.4 Å². The highest BCUT2D eigenvalue weighted by atomic mass is 32.1. The van der Waals surface area contributed by atoms with Crippen LogP contribution in [0.3, 0.4) is 0 Å². The molecule has 0 aromatic carbocycles. The van der Waals surface area contributed by atoms with Crippen LogP contribution in [0.25, 0.3) is 0 Å². The van der Waals surface area contributed by atoms with Gasteiger partial charge in [-0.3, -0.25) is 4.79 Å². The molecule has 1 saturated heterocycles. The largest absolute Gasteiger partial charge is 0.481 e. The molecule has 120 valence electrons. The van der Waals surface area contributed by atoms with Gasteiger partial charge in [0.05, 0.1) is 12.0 Å². The summed E-state index contributed by atoms with van der Waals surface area (Å²) in [5.41, 5.74) is 0. The smallest absolute Gasteiger partial charge is 0.317 e. The molecule has 0 spiro atoms. The van der Waals surface area contributed by atoms with Crippen molar-refractivity contribution in [2.75, 3.05) is 13.1 Å². The summed E-state index contributed by atoms with van der Waals surface area (Å²) in [5.74, 6) is -0.501. The maximum atomic E-state index is 12.6. The molecule has 2 N–H and O–H groups in total. The number of nitrogens with zero attached hydrogens (tertiary/aromatic N) is 1. The minimum absolute atomic E-state index is 0.0769. The number of piperidine rings is 1.